The second-order valence-electron chi connectivity index (χ2n) is 5.34. The predicted octanol–water partition coefficient (Wildman–Crippen LogP) is 5.69. The van der Waals surface area contributed by atoms with Crippen molar-refractivity contribution in [3.63, 3.8) is 0 Å². The topological polar surface area (TPSA) is 24.1 Å². The number of rotatable bonds is 3. The highest BCUT2D eigenvalue weighted by atomic mass is 79.9. The molecule has 0 aliphatic rings. The van der Waals surface area contributed by atoms with Crippen molar-refractivity contribution in [2.75, 3.05) is 10.6 Å². The zero-order valence-electron chi connectivity index (χ0n) is 12.4. The number of nitrogens with one attached hydrogen (secondary N) is 2. The van der Waals surface area contributed by atoms with Gasteiger partial charge in [0.25, 0.3) is 0 Å². The number of aryl methyl sites for hydroxylation is 1. The lowest BCUT2D eigenvalue weighted by molar-refractivity contribution is 0.867. The molecule has 0 amide bonds. The summed E-state index contributed by atoms with van der Waals surface area (Å²) in [6.45, 7) is 6.42. The van der Waals surface area contributed by atoms with Crippen LogP contribution in [-0.4, -0.2) is 5.11 Å². The minimum atomic E-state index is 0.500. The molecule has 0 heterocycles. The summed E-state index contributed by atoms with van der Waals surface area (Å²) in [5, 5.41) is 7.02. The molecule has 0 atom stereocenters. The average molecular weight is 363 g/mol. The third-order valence-electron chi connectivity index (χ3n) is 3.18. The Labute approximate surface area is 140 Å². The second kappa shape index (κ2) is 7.05. The standard InChI is InChI=1S/C17H19BrN2S/c1-11(2)13-5-4-6-14(10-13)19-17(21)20-16-8-7-12(3)9-15(16)18/h4-11H,1-3H3,(H2,19,20,21). The van der Waals surface area contributed by atoms with Gasteiger partial charge in [-0.1, -0.05) is 32.0 Å². The first-order valence-electron chi connectivity index (χ1n) is 6.90. The van der Waals surface area contributed by atoms with Gasteiger partial charge in [0.05, 0.1) is 5.69 Å². The summed E-state index contributed by atoms with van der Waals surface area (Å²) in [5.41, 5.74) is 4.45. The van der Waals surface area contributed by atoms with Crippen LogP contribution in [0.2, 0.25) is 0 Å². The fraction of sp³-hybridized carbons (Fsp3) is 0.235. The summed E-state index contributed by atoms with van der Waals surface area (Å²) in [5.74, 6) is 0.500. The maximum absolute atomic E-state index is 5.38. The van der Waals surface area contributed by atoms with Crippen LogP contribution in [0.25, 0.3) is 0 Å². The van der Waals surface area contributed by atoms with Gasteiger partial charge in [-0.3, -0.25) is 0 Å². The first-order chi connectivity index (χ1) is 9.95. The highest BCUT2D eigenvalue weighted by molar-refractivity contribution is 9.10. The van der Waals surface area contributed by atoms with Crippen LogP contribution < -0.4 is 10.6 Å². The molecular weight excluding hydrogens is 344 g/mol. The summed E-state index contributed by atoms with van der Waals surface area (Å²) < 4.78 is 1.00. The molecule has 2 aromatic carbocycles. The van der Waals surface area contributed by atoms with Gasteiger partial charge < -0.3 is 10.6 Å². The lowest BCUT2D eigenvalue weighted by atomic mass is 10.0. The SMILES string of the molecule is Cc1ccc(NC(=S)Nc2cccc(C(C)C)c2)c(Br)c1. The van der Waals surface area contributed by atoms with Gasteiger partial charge in [0.15, 0.2) is 5.11 Å². The predicted molar refractivity (Wildman–Crippen MR) is 99.3 cm³/mol. The van der Waals surface area contributed by atoms with Crippen LogP contribution >= 0.6 is 28.1 Å². The highest BCUT2D eigenvalue weighted by Gasteiger charge is 2.04. The molecule has 0 aromatic heterocycles. The molecule has 0 spiro atoms. The van der Waals surface area contributed by atoms with Crippen molar-refractivity contribution < 1.29 is 0 Å². The van der Waals surface area contributed by atoms with E-state index in [0.717, 1.165) is 15.8 Å². The molecule has 0 radical (unpaired) electrons. The molecule has 0 aliphatic heterocycles. The zero-order valence-corrected chi connectivity index (χ0v) is 14.8. The monoisotopic (exact) mass is 362 g/mol. The van der Waals surface area contributed by atoms with Crippen LogP contribution in [0.3, 0.4) is 0 Å². The Hall–Kier alpha value is -1.39. The molecule has 21 heavy (non-hydrogen) atoms. The van der Waals surface area contributed by atoms with E-state index in [-0.39, 0.29) is 0 Å². The Bertz CT molecular complexity index is 653. The molecule has 4 heteroatoms. The third kappa shape index (κ3) is 4.55. The van der Waals surface area contributed by atoms with E-state index in [0.29, 0.717) is 11.0 Å². The minimum absolute atomic E-state index is 0.500. The first-order valence-corrected chi connectivity index (χ1v) is 8.10. The Morgan fingerprint density at radius 1 is 1.10 bits per heavy atom. The zero-order chi connectivity index (χ0) is 15.4. The van der Waals surface area contributed by atoms with Crippen LogP contribution in [0.5, 0.6) is 0 Å². The van der Waals surface area contributed by atoms with Gasteiger partial charge in [0.1, 0.15) is 0 Å². The first kappa shape index (κ1) is 16.0. The molecule has 0 bridgehead atoms. The number of thiocarbonyl (C=S) groups is 1. The van der Waals surface area contributed by atoms with Crippen LogP contribution in [0.1, 0.15) is 30.9 Å². The summed E-state index contributed by atoms with van der Waals surface area (Å²) in [4.78, 5) is 0. The van der Waals surface area contributed by atoms with Crippen molar-refractivity contribution in [1.29, 1.82) is 0 Å². The van der Waals surface area contributed by atoms with Crippen molar-refractivity contribution in [2.24, 2.45) is 0 Å². The summed E-state index contributed by atoms with van der Waals surface area (Å²) >= 11 is 8.92. The Balaban J connectivity index is 2.06. The number of anilines is 2. The quantitative estimate of drug-likeness (QED) is 0.685. The fourth-order valence-electron chi connectivity index (χ4n) is 1.98. The van der Waals surface area contributed by atoms with Gasteiger partial charge in [0.2, 0.25) is 0 Å². The normalized spacial score (nSPS) is 10.5. The van der Waals surface area contributed by atoms with Crippen LogP contribution in [0.15, 0.2) is 46.9 Å². The van der Waals surface area contributed by atoms with Gasteiger partial charge in [-0.2, -0.15) is 0 Å². The van der Waals surface area contributed by atoms with E-state index in [1.165, 1.54) is 11.1 Å². The molecular formula is C17H19BrN2S. The van der Waals surface area contributed by atoms with Crippen LogP contribution in [-0.2, 0) is 0 Å². The van der Waals surface area contributed by atoms with E-state index in [1.807, 2.05) is 18.2 Å². The highest BCUT2D eigenvalue weighted by Crippen LogP contribution is 2.24. The van der Waals surface area contributed by atoms with E-state index in [4.69, 9.17) is 12.2 Å². The largest absolute Gasteiger partial charge is 0.332 e. The summed E-state index contributed by atoms with van der Waals surface area (Å²) in [7, 11) is 0. The Morgan fingerprint density at radius 3 is 2.52 bits per heavy atom. The van der Waals surface area contributed by atoms with Crippen molar-refractivity contribution in [3.05, 3.63) is 58.1 Å². The molecule has 2 N–H and O–H groups in total. The van der Waals surface area contributed by atoms with Crippen molar-refractivity contribution >= 4 is 44.6 Å². The number of halogens is 1. The fourth-order valence-corrected chi connectivity index (χ4v) is 2.80. The lowest BCUT2D eigenvalue weighted by Gasteiger charge is -2.14. The minimum Gasteiger partial charge on any atom is -0.332 e. The molecule has 0 aliphatic carbocycles. The van der Waals surface area contributed by atoms with Crippen molar-refractivity contribution in [1.82, 2.24) is 0 Å². The summed E-state index contributed by atoms with van der Waals surface area (Å²) in [6, 6.07) is 14.4. The molecule has 0 saturated heterocycles. The van der Waals surface area contributed by atoms with Gasteiger partial charge >= 0.3 is 0 Å². The van der Waals surface area contributed by atoms with E-state index in [9.17, 15) is 0 Å². The lowest BCUT2D eigenvalue weighted by Crippen LogP contribution is -2.19. The molecule has 0 unspecified atom stereocenters. The summed E-state index contributed by atoms with van der Waals surface area (Å²) in [6.07, 6.45) is 0. The molecule has 2 rings (SSSR count). The van der Waals surface area contributed by atoms with Crippen molar-refractivity contribution in [3.8, 4) is 0 Å². The molecule has 0 fully saturated rings. The molecule has 0 saturated carbocycles. The maximum atomic E-state index is 5.38. The van der Waals surface area contributed by atoms with E-state index in [1.54, 1.807) is 0 Å². The van der Waals surface area contributed by atoms with E-state index < -0.39 is 0 Å². The van der Waals surface area contributed by atoms with Gasteiger partial charge in [-0.15, -0.1) is 0 Å². The molecule has 110 valence electrons. The molecule has 2 aromatic rings. The number of benzene rings is 2. The third-order valence-corrected chi connectivity index (χ3v) is 4.04. The van der Waals surface area contributed by atoms with E-state index >= 15 is 0 Å². The van der Waals surface area contributed by atoms with Crippen molar-refractivity contribution in [2.45, 2.75) is 26.7 Å². The maximum Gasteiger partial charge on any atom is 0.175 e. The number of hydrogen-bond donors (Lipinski definition) is 2. The van der Waals surface area contributed by atoms with E-state index in [2.05, 4.69) is 71.6 Å². The Morgan fingerprint density at radius 2 is 1.86 bits per heavy atom. The smallest absolute Gasteiger partial charge is 0.175 e. The second-order valence-corrected chi connectivity index (χ2v) is 6.61. The van der Waals surface area contributed by atoms with Gasteiger partial charge in [-0.25, -0.2) is 0 Å². The van der Waals surface area contributed by atoms with Crippen LogP contribution in [0.4, 0.5) is 11.4 Å². The average Bonchev–Trinajstić information content (AvgIpc) is 2.42. The molecule has 2 nitrogen and oxygen atoms in total. The van der Waals surface area contributed by atoms with Gasteiger partial charge in [-0.05, 0) is 76.4 Å². The van der Waals surface area contributed by atoms with Gasteiger partial charge in [0, 0.05) is 10.2 Å². The Kier molecular flexibility index (Phi) is 5.37. The van der Waals surface area contributed by atoms with Crippen LogP contribution in [0, 0.1) is 6.92 Å². The number of hydrogen-bond acceptors (Lipinski definition) is 1.